The van der Waals surface area contributed by atoms with Gasteiger partial charge < -0.3 is 20.1 Å². The summed E-state index contributed by atoms with van der Waals surface area (Å²) in [5.41, 5.74) is 1.48. The van der Waals surface area contributed by atoms with E-state index in [0.717, 1.165) is 11.0 Å². The maximum absolute atomic E-state index is 10.7. The molecule has 2 rings (SSSR count). The van der Waals surface area contributed by atoms with Gasteiger partial charge in [-0.3, -0.25) is 0 Å². The molecule has 0 saturated carbocycles. The molecule has 0 saturated heterocycles. The monoisotopic (exact) mass is 269 g/mol. The average molecular weight is 270 g/mol. The number of nitrogens with one attached hydrogen (secondary N) is 2. The first kappa shape index (κ1) is 12.7. The van der Waals surface area contributed by atoms with Gasteiger partial charge in [0, 0.05) is 12.1 Å². The van der Waals surface area contributed by atoms with Crippen molar-refractivity contribution in [1.29, 1.82) is 0 Å². The fourth-order valence-electron chi connectivity index (χ4n) is 1.67. The molecule has 3 N–H and O–H groups in total. The van der Waals surface area contributed by atoms with Gasteiger partial charge in [-0.15, -0.1) is 0 Å². The van der Waals surface area contributed by atoms with Crippen LogP contribution in [0, 0.1) is 0 Å². The van der Waals surface area contributed by atoms with E-state index in [1.807, 2.05) is 0 Å². The molecule has 1 amide bonds. The number of aromatic nitrogens is 2. The Balaban J connectivity index is 2.34. The maximum Gasteiger partial charge on any atom is 0.405 e. The molecule has 0 bridgehead atoms. The number of fused-ring (bicyclic) bond motifs is 1. The van der Waals surface area contributed by atoms with Crippen LogP contribution in [0.2, 0.25) is 5.02 Å². The van der Waals surface area contributed by atoms with Crippen molar-refractivity contribution >= 4 is 28.7 Å². The Hall–Kier alpha value is -1.79. The highest BCUT2D eigenvalue weighted by atomic mass is 35.5. The lowest BCUT2D eigenvalue weighted by atomic mass is 10.3. The second-order valence-corrected chi connectivity index (χ2v) is 4.18. The Morgan fingerprint density at radius 2 is 2.44 bits per heavy atom. The summed E-state index contributed by atoms with van der Waals surface area (Å²) < 4.78 is 4.97. The molecule has 0 radical (unpaired) electrons. The highest BCUT2D eigenvalue weighted by Gasteiger charge is 2.17. The number of hydrogen-bond donors (Lipinski definition) is 3. The van der Waals surface area contributed by atoms with E-state index in [4.69, 9.17) is 21.4 Å². The van der Waals surface area contributed by atoms with Crippen LogP contribution in [0.1, 0.15) is 11.9 Å². The zero-order valence-electron chi connectivity index (χ0n) is 9.61. The third-order valence-electron chi connectivity index (χ3n) is 2.42. The Labute approximate surface area is 108 Å². The number of carboxylic acid groups (broad SMARTS) is 1. The zero-order valence-corrected chi connectivity index (χ0v) is 10.4. The van der Waals surface area contributed by atoms with Crippen LogP contribution in [0.3, 0.4) is 0 Å². The molecule has 6 nitrogen and oxygen atoms in total. The van der Waals surface area contributed by atoms with E-state index < -0.39 is 12.1 Å². The predicted molar refractivity (Wildman–Crippen MR) is 66.9 cm³/mol. The third kappa shape index (κ3) is 2.72. The summed E-state index contributed by atoms with van der Waals surface area (Å²) in [6.07, 6.45) is -1.13. The molecule has 0 aliphatic rings. The van der Waals surface area contributed by atoms with Gasteiger partial charge in [-0.05, 0) is 18.2 Å². The van der Waals surface area contributed by atoms with Gasteiger partial charge in [0.05, 0.1) is 17.6 Å². The van der Waals surface area contributed by atoms with Gasteiger partial charge in [-0.25, -0.2) is 9.78 Å². The number of rotatable bonds is 4. The lowest BCUT2D eigenvalue weighted by Crippen LogP contribution is -2.30. The molecule has 7 heteroatoms. The van der Waals surface area contributed by atoms with Gasteiger partial charge >= 0.3 is 6.09 Å². The van der Waals surface area contributed by atoms with Crippen molar-refractivity contribution < 1.29 is 14.6 Å². The van der Waals surface area contributed by atoms with E-state index in [0.29, 0.717) is 10.8 Å². The largest absolute Gasteiger partial charge is 0.465 e. The van der Waals surface area contributed by atoms with Crippen molar-refractivity contribution in [1.82, 2.24) is 15.3 Å². The number of amides is 1. The number of halogens is 1. The van der Waals surface area contributed by atoms with E-state index in [-0.39, 0.29) is 6.61 Å². The van der Waals surface area contributed by atoms with Crippen LogP contribution in [-0.4, -0.2) is 34.9 Å². The van der Waals surface area contributed by atoms with Crippen LogP contribution < -0.4 is 5.32 Å². The summed E-state index contributed by atoms with van der Waals surface area (Å²) in [4.78, 5) is 18.0. The van der Waals surface area contributed by atoms with Crippen molar-refractivity contribution in [3.63, 3.8) is 0 Å². The summed E-state index contributed by atoms with van der Waals surface area (Å²) in [6.45, 7) is 0.194. The lowest BCUT2D eigenvalue weighted by Gasteiger charge is -2.12. The molecule has 18 heavy (non-hydrogen) atoms. The Morgan fingerprint density at radius 1 is 1.67 bits per heavy atom. The number of benzene rings is 1. The first-order valence-electron chi connectivity index (χ1n) is 5.23. The van der Waals surface area contributed by atoms with Crippen molar-refractivity contribution in [3.8, 4) is 0 Å². The fraction of sp³-hybridized carbons (Fsp3) is 0.273. The Bertz CT molecular complexity index is 570. The number of methoxy groups -OCH3 is 1. The van der Waals surface area contributed by atoms with Crippen molar-refractivity contribution in [2.75, 3.05) is 13.7 Å². The smallest absolute Gasteiger partial charge is 0.405 e. The van der Waals surface area contributed by atoms with E-state index in [1.165, 1.54) is 7.11 Å². The predicted octanol–water partition coefficient (Wildman–Crippen LogP) is 2.17. The molecule has 1 atom stereocenters. The molecule has 1 aromatic carbocycles. The molecule has 0 aliphatic heterocycles. The second-order valence-electron chi connectivity index (χ2n) is 3.74. The maximum atomic E-state index is 10.7. The number of ether oxygens (including phenoxy) is 1. The van der Waals surface area contributed by atoms with Gasteiger partial charge in [-0.1, -0.05) is 11.6 Å². The highest BCUT2D eigenvalue weighted by Crippen LogP contribution is 2.20. The minimum absolute atomic E-state index is 0.194. The summed E-state index contributed by atoms with van der Waals surface area (Å²) in [5, 5.41) is 11.7. The minimum Gasteiger partial charge on any atom is -0.465 e. The fourth-order valence-corrected chi connectivity index (χ4v) is 1.84. The van der Waals surface area contributed by atoms with E-state index >= 15 is 0 Å². The van der Waals surface area contributed by atoms with E-state index in [2.05, 4.69) is 15.3 Å². The number of carbonyl (C=O) groups is 1. The lowest BCUT2D eigenvalue weighted by molar-refractivity contribution is 0.149. The Morgan fingerprint density at radius 3 is 3.11 bits per heavy atom. The van der Waals surface area contributed by atoms with Gasteiger partial charge in [0.25, 0.3) is 0 Å². The van der Waals surface area contributed by atoms with Crippen LogP contribution in [0.15, 0.2) is 18.2 Å². The van der Waals surface area contributed by atoms with E-state index in [1.54, 1.807) is 18.2 Å². The van der Waals surface area contributed by atoms with Crippen LogP contribution in [-0.2, 0) is 4.74 Å². The first-order chi connectivity index (χ1) is 8.60. The molecule has 1 aromatic heterocycles. The summed E-state index contributed by atoms with van der Waals surface area (Å²) in [7, 11) is 1.50. The second kappa shape index (κ2) is 5.24. The van der Waals surface area contributed by atoms with Gasteiger partial charge in [-0.2, -0.15) is 0 Å². The number of H-pyrrole nitrogens is 1. The molecule has 2 aromatic rings. The minimum atomic E-state index is -1.13. The van der Waals surface area contributed by atoms with E-state index in [9.17, 15) is 4.79 Å². The molecule has 0 unspecified atom stereocenters. The summed E-state index contributed by atoms with van der Waals surface area (Å²) in [5.74, 6) is 0.497. The zero-order chi connectivity index (χ0) is 13.1. The summed E-state index contributed by atoms with van der Waals surface area (Å²) >= 11 is 5.87. The van der Waals surface area contributed by atoms with Gasteiger partial charge in [0.2, 0.25) is 0 Å². The molecular weight excluding hydrogens is 258 g/mol. The standard InChI is InChI=1S/C11H12ClN3O3/c1-18-5-9(15-11(16)17)10-13-7-3-2-6(12)4-8(7)14-10/h2-4,9,15H,5H2,1H3,(H,13,14)(H,16,17)/t9-/m0/s1. The third-order valence-corrected chi connectivity index (χ3v) is 2.66. The Kier molecular flexibility index (Phi) is 3.69. The first-order valence-corrected chi connectivity index (χ1v) is 5.61. The van der Waals surface area contributed by atoms with Crippen molar-refractivity contribution in [2.45, 2.75) is 6.04 Å². The molecule has 96 valence electrons. The highest BCUT2D eigenvalue weighted by molar-refractivity contribution is 6.31. The average Bonchev–Trinajstić information content (AvgIpc) is 2.70. The van der Waals surface area contributed by atoms with Crippen LogP contribution in [0.4, 0.5) is 4.79 Å². The molecule has 0 spiro atoms. The van der Waals surface area contributed by atoms with Crippen LogP contribution in [0.25, 0.3) is 11.0 Å². The van der Waals surface area contributed by atoms with Gasteiger partial charge in [0.15, 0.2) is 0 Å². The van der Waals surface area contributed by atoms with Gasteiger partial charge in [0.1, 0.15) is 11.9 Å². The summed E-state index contributed by atoms with van der Waals surface area (Å²) in [6, 6.07) is 4.68. The number of aromatic amines is 1. The number of imidazole rings is 1. The number of nitrogens with zero attached hydrogens (tertiary/aromatic N) is 1. The van der Waals surface area contributed by atoms with Crippen LogP contribution in [0.5, 0.6) is 0 Å². The topological polar surface area (TPSA) is 87.2 Å². The van der Waals surface area contributed by atoms with Crippen molar-refractivity contribution in [2.24, 2.45) is 0 Å². The van der Waals surface area contributed by atoms with Crippen molar-refractivity contribution in [3.05, 3.63) is 29.0 Å². The SMILES string of the molecule is COC[C@H](NC(=O)O)c1nc2ccc(Cl)cc2[nH]1. The molecule has 0 aliphatic carbocycles. The van der Waals surface area contributed by atoms with Crippen LogP contribution >= 0.6 is 11.6 Å². The molecule has 1 heterocycles. The molecule has 0 fully saturated rings. The number of hydrogen-bond acceptors (Lipinski definition) is 3. The molecular formula is C11H12ClN3O3. The normalized spacial score (nSPS) is 12.6. The quantitative estimate of drug-likeness (QED) is 0.794.